The molecule has 0 aliphatic heterocycles. The molecule has 0 saturated carbocycles. The van der Waals surface area contributed by atoms with E-state index in [-0.39, 0.29) is 12.2 Å². The van der Waals surface area contributed by atoms with E-state index in [4.69, 9.17) is 14.3 Å². The fourth-order valence-electron chi connectivity index (χ4n) is 1.72. The predicted octanol–water partition coefficient (Wildman–Crippen LogP) is 3.25. The third-order valence-corrected chi connectivity index (χ3v) is 2.40. The largest absolute Gasteiger partial charge is 0.491 e. The van der Waals surface area contributed by atoms with E-state index in [9.17, 15) is 0 Å². The minimum Gasteiger partial charge on any atom is -0.491 e. The molecular formula is C15H25NO3. The number of hydroxylamine groups is 2. The molecule has 0 bridgehead atoms. The molecule has 0 atom stereocenters. The molecule has 1 rings (SSSR count). The van der Waals surface area contributed by atoms with Crippen LogP contribution >= 0.6 is 0 Å². The maximum Gasteiger partial charge on any atom is 0.123 e. The van der Waals surface area contributed by atoms with Crippen LogP contribution in [0.3, 0.4) is 0 Å². The van der Waals surface area contributed by atoms with Crippen LogP contribution in [0.2, 0.25) is 0 Å². The molecule has 0 amide bonds. The summed E-state index contributed by atoms with van der Waals surface area (Å²) >= 11 is 0. The Hall–Kier alpha value is -1.26. The van der Waals surface area contributed by atoms with Gasteiger partial charge >= 0.3 is 0 Å². The van der Waals surface area contributed by atoms with Crippen LogP contribution in [-0.4, -0.2) is 31.4 Å². The van der Waals surface area contributed by atoms with Crippen LogP contribution in [0.1, 0.15) is 33.3 Å². The number of ether oxygens (including phenoxy) is 2. The van der Waals surface area contributed by atoms with Crippen LogP contribution in [0, 0.1) is 0 Å². The van der Waals surface area contributed by atoms with Crippen molar-refractivity contribution >= 4 is 0 Å². The summed E-state index contributed by atoms with van der Waals surface area (Å²) in [5.74, 6) is 1.65. The zero-order valence-electron chi connectivity index (χ0n) is 12.8. The second-order valence-corrected chi connectivity index (χ2v) is 5.11. The van der Waals surface area contributed by atoms with Crippen LogP contribution < -0.4 is 9.47 Å². The maximum absolute atomic E-state index is 5.75. The molecule has 4 heteroatoms. The quantitative estimate of drug-likeness (QED) is 0.710. The number of rotatable bonds is 7. The van der Waals surface area contributed by atoms with Crippen molar-refractivity contribution in [3.63, 3.8) is 0 Å². The van der Waals surface area contributed by atoms with Gasteiger partial charge in [0.05, 0.1) is 19.3 Å². The SMILES string of the molecule is CON(C)Cc1cc(OC(C)C)cc(OC(C)C)c1. The molecule has 0 unspecified atom stereocenters. The monoisotopic (exact) mass is 267 g/mol. The summed E-state index contributed by atoms with van der Waals surface area (Å²) in [7, 11) is 3.54. The first-order valence-electron chi connectivity index (χ1n) is 6.63. The fraction of sp³-hybridized carbons (Fsp3) is 0.600. The van der Waals surface area contributed by atoms with Gasteiger partial charge in [0.15, 0.2) is 0 Å². The Bertz CT molecular complexity index is 363. The zero-order chi connectivity index (χ0) is 14.4. The molecule has 19 heavy (non-hydrogen) atoms. The highest BCUT2D eigenvalue weighted by Gasteiger charge is 2.08. The number of nitrogens with zero attached hydrogens (tertiary/aromatic N) is 1. The first kappa shape index (κ1) is 15.8. The van der Waals surface area contributed by atoms with E-state index in [0.717, 1.165) is 17.1 Å². The van der Waals surface area contributed by atoms with Crippen molar-refractivity contribution < 1.29 is 14.3 Å². The number of hydrogen-bond acceptors (Lipinski definition) is 4. The zero-order valence-corrected chi connectivity index (χ0v) is 12.8. The minimum absolute atomic E-state index is 0.141. The van der Waals surface area contributed by atoms with Gasteiger partial charge < -0.3 is 14.3 Å². The lowest BCUT2D eigenvalue weighted by molar-refractivity contribution is -0.116. The number of hydrogen-bond donors (Lipinski definition) is 0. The number of benzene rings is 1. The normalized spacial score (nSPS) is 11.4. The summed E-state index contributed by atoms with van der Waals surface area (Å²) in [6.45, 7) is 8.72. The maximum atomic E-state index is 5.75. The Morgan fingerprint density at radius 1 is 0.947 bits per heavy atom. The highest BCUT2D eigenvalue weighted by molar-refractivity contribution is 5.38. The van der Waals surface area contributed by atoms with Gasteiger partial charge in [-0.3, -0.25) is 0 Å². The van der Waals surface area contributed by atoms with Gasteiger partial charge in [0.1, 0.15) is 11.5 Å². The van der Waals surface area contributed by atoms with E-state index in [0.29, 0.717) is 6.54 Å². The Balaban J connectivity index is 2.94. The molecule has 4 nitrogen and oxygen atoms in total. The van der Waals surface area contributed by atoms with Gasteiger partial charge in [-0.2, -0.15) is 5.06 Å². The summed E-state index contributed by atoms with van der Waals surface area (Å²) in [6, 6.07) is 5.96. The van der Waals surface area contributed by atoms with Crippen molar-refractivity contribution in [1.29, 1.82) is 0 Å². The van der Waals surface area contributed by atoms with Crippen LogP contribution in [0.25, 0.3) is 0 Å². The second-order valence-electron chi connectivity index (χ2n) is 5.11. The van der Waals surface area contributed by atoms with Crippen molar-refractivity contribution in [2.45, 2.75) is 46.4 Å². The van der Waals surface area contributed by atoms with Gasteiger partial charge in [0, 0.05) is 19.7 Å². The molecule has 0 heterocycles. The molecule has 1 aromatic rings. The molecule has 0 aliphatic rings. The van der Waals surface area contributed by atoms with Gasteiger partial charge in [0.2, 0.25) is 0 Å². The van der Waals surface area contributed by atoms with E-state index in [1.165, 1.54) is 0 Å². The lowest BCUT2D eigenvalue weighted by atomic mass is 10.2. The van der Waals surface area contributed by atoms with Crippen LogP contribution in [0.15, 0.2) is 18.2 Å². The molecule has 0 N–H and O–H groups in total. The van der Waals surface area contributed by atoms with Gasteiger partial charge in [-0.05, 0) is 45.4 Å². The molecule has 108 valence electrons. The fourth-order valence-corrected chi connectivity index (χ4v) is 1.72. The van der Waals surface area contributed by atoms with Crippen LogP contribution in [0.5, 0.6) is 11.5 Å². The smallest absolute Gasteiger partial charge is 0.123 e. The van der Waals surface area contributed by atoms with Crippen molar-refractivity contribution in [2.24, 2.45) is 0 Å². The first-order valence-corrected chi connectivity index (χ1v) is 6.63. The topological polar surface area (TPSA) is 30.9 Å². The van der Waals surface area contributed by atoms with Gasteiger partial charge in [-0.25, -0.2) is 0 Å². The summed E-state index contributed by atoms with van der Waals surface area (Å²) in [4.78, 5) is 5.15. The average Bonchev–Trinajstić information content (AvgIpc) is 2.26. The lowest BCUT2D eigenvalue weighted by Crippen LogP contribution is -2.16. The molecule has 0 spiro atoms. The molecule has 0 saturated heterocycles. The van der Waals surface area contributed by atoms with E-state index in [1.807, 2.05) is 52.9 Å². The molecule has 0 aromatic heterocycles. The molecule has 0 aliphatic carbocycles. The van der Waals surface area contributed by atoms with Crippen molar-refractivity contribution in [3.05, 3.63) is 23.8 Å². The Labute approximate surface area is 116 Å². The summed E-state index contributed by atoms with van der Waals surface area (Å²) < 4.78 is 11.5. The molecule has 0 radical (unpaired) electrons. The highest BCUT2D eigenvalue weighted by Crippen LogP contribution is 2.25. The Kier molecular flexibility index (Phi) is 6.12. The van der Waals surface area contributed by atoms with E-state index in [2.05, 4.69) is 0 Å². The minimum atomic E-state index is 0.141. The summed E-state index contributed by atoms with van der Waals surface area (Å²) in [5, 5.41) is 1.76. The van der Waals surface area contributed by atoms with Crippen molar-refractivity contribution in [3.8, 4) is 11.5 Å². The van der Waals surface area contributed by atoms with Crippen molar-refractivity contribution in [1.82, 2.24) is 5.06 Å². The first-order chi connectivity index (χ1) is 8.90. The average molecular weight is 267 g/mol. The third-order valence-electron chi connectivity index (χ3n) is 2.40. The summed E-state index contributed by atoms with van der Waals surface area (Å²) in [5.41, 5.74) is 1.10. The van der Waals surface area contributed by atoms with Crippen LogP contribution in [-0.2, 0) is 11.4 Å². The van der Waals surface area contributed by atoms with Crippen molar-refractivity contribution in [2.75, 3.05) is 14.2 Å². The predicted molar refractivity (Wildman–Crippen MR) is 76.4 cm³/mol. The van der Waals surface area contributed by atoms with E-state index in [1.54, 1.807) is 12.2 Å². The van der Waals surface area contributed by atoms with Gasteiger partial charge in [-0.1, -0.05) is 0 Å². The van der Waals surface area contributed by atoms with E-state index < -0.39 is 0 Å². The standard InChI is InChI=1S/C15H25NO3/c1-11(2)18-14-7-13(10-16(5)17-6)8-15(9-14)19-12(3)4/h7-9,11-12H,10H2,1-6H3. The molecule has 0 fully saturated rings. The Morgan fingerprint density at radius 3 is 1.79 bits per heavy atom. The molecule has 1 aromatic carbocycles. The van der Waals surface area contributed by atoms with Crippen LogP contribution in [0.4, 0.5) is 0 Å². The highest BCUT2D eigenvalue weighted by atomic mass is 16.7. The third kappa shape index (κ3) is 5.94. The lowest BCUT2D eigenvalue weighted by Gasteiger charge is -2.18. The molecular weight excluding hydrogens is 242 g/mol. The Morgan fingerprint density at radius 2 is 1.42 bits per heavy atom. The van der Waals surface area contributed by atoms with Gasteiger partial charge in [0.25, 0.3) is 0 Å². The summed E-state index contributed by atoms with van der Waals surface area (Å²) in [6.07, 6.45) is 0.282. The van der Waals surface area contributed by atoms with Gasteiger partial charge in [-0.15, -0.1) is 0 Å². The second kappa shape index (κ2) is 7.36. The van der Waals surface area contributed by atoms with E-state index >= 15 is 0 Å².